The summed E-state index contributed by atoms with van der Waals surface area (Å²) >= 11 is 0. The van der Waals surface area contributed by atoms with Gasteiger partial charge in [0.15, 0.2) is 0 Å². The van der Waals surface area contributed by atoms with Crippen LogP contribution < -0.4 is 9.47 Å². The Morgan fingerprint density at radius 2 is 1.67 bits per heavy atom. The standard InChI is InChI=1S/C28H34N2O6/c1-3-17-36-23-11-5-20(6-12-23)25-24(26(31)21-7-9-22(34-2)10-8-21)27(32)28(33)30(25)14-4-13-29-15-18-35-19-16-29/h5-12,25,31H,3-4,13-19H2,1-2H3/b26-24-. The number of nitrogens with zero attached hydrogens (tertiary/aromatic N) is 2. The number of Topliss-reactive ketones (excluding diaryl/α,β-unsaturated/α-hetero) is 1. The van der Waals surface area contributed by atoms with Crippen LogP contribution in [0.3, 0.4) is 0 Å². The van der Waals surface area contributed by atoms with Crippen LogP contribution in [-0.4, -0.2) is 79.7 Å². The summed E-state index contributed by atoms with van der Waals surface area (Å²) < 4.78 is 16.3. The van der Waals surface area contributed by atoms with Crippen LogP contribution in [0.4, 0.5) is 0 Å². The van der Waals surface area contributed by atoms with E-state index in [0.717, 1.165) is 37.4 Å². The molecule has 1 amide bonds. The monoisotopic (exact) mass is 494 g/mol. The first-order chi connectivity index (χ1) is 17.5. The van der Waals surface area contributed by atoms with Crippen molar-refractivity contribution in [2.24, 2.45) is 0 Å². The topological polar surface area (TPSA) is 88.5 Å². The maximum Gasteiger partial charge on any atom is 0.295 e. The van der Waals surface area contributed by atoms with E-state index in [9.17, 15) is 14.7 Å². The molecule has 8 heteroatoms. The molecule has 2 aliphatic heterocycles. The van der Waals surface area contributed by atoms with E-state index < -0.39 is 17.7 Å². The van der Waals surface area contributed by atoms with Crippen LogP contribution >= 0.6 is 0 Å². The number of likely N-dealkylation sites (tertiary alicyclic amines) is 1. The number of carbonyl (C=O) groups is 2. The van der Waals surface area contributed by atoms with Crippen molar-refractivity contribution >= 4 is 17.4 Å². The Balaban J connectivity index is 1.65. The molecule has 1 N–H and O–H groups in total. The third kappa shape index (κ3) is 5.71. The van der Waals surface area contributed by atoms with Crippen LogP contribution in [0.25, 0.3) is 5.76 Å². The lowest BCUT2D eigenvalue weighted by atomic mass is 9.95. The Kier molecular flexibility index (Phi) is 8.61. The SMILES string of the molecule is CCCOc1ccc(C2/C(=C(/O)c3ccc(OC)cc3)C(=O)C(=O)N2CCCN2CCOCC2)cc1. The van der Waals surface area contributed by atoms with Gasteiger partial charge in [-0.1, -0.05) is 19.1 Å². The van der Waals surface area contributed by atoms with Gasteiger partial charge in [0.2, 0.25) is 0 Å². The summed E-state index contributed by atoms with van der Waals surface area (Å²) in [5, 5.41) is 11.2. The van der Waals surface area contributed by atoms with Gasteiger partial charge in [0.25, 0.3) is 11.7 Å². The van der Waals surface area contributed by atoms with E-state index in [1.807, 2.05) is 31.2 Å². The number of benzene rings is 2. The molecule has 0 spiro atoms. The van der Waals surface area contributed by atoms with Crippen LogP contribution in [0.2, 0.25) is 0 Å². The molecule has 0 aliphatic carbocycles. The van der Waals surface area contributed by atoms with Gasteiger partial charge in [-0.3, -0.25) is 14.5 Å². The Bertz CT molecular complexity index is 1070. The van der Waals surface area contributed by atoms with Gasteiger partial charge in [0, 0.05) is 31.7 Å². The quantitative estimate of drug-likeness (QED) is 0.307. The van der Waals surface area contributed by atoms with Crippen LogP contribution in [0.5, 0.6) is 11.5 Å². The number of aliphatic hydroxyl groups excluding tert-OH is 1. The fraction of sp³-hybridized carbons (Fsp3) is 0.429. The number of amides is 1. The van der Waals surface area contributed by atoms with E-state index in [0.29, 0.717) is 44.1 Å². The first-order valence-electron chi connectivity index (χ1n) is 12.5. The average molecular weight is 495 g/mol. The molecule has 2 aliphatic rings. The lowest BCUT2D eigenvalue weighted by Crippen LogP contribution is -2.38. The Labute approximate surface area is 212 Å². The zero-order chi connectivity index (χ0) is 25.5. The van der Waals surface area contributed by atoms with Gasteiger partial charge in [-0.2, -0.15) is 0 Å². The van der Waals surface area contributed by atoms with Gasteiger partial charge < -0.3 is 24.2 Å². The van der Waals surface area contributed by atoms with Crippen molar-refractivity contribution in [2.45, 2.75) is 25.8 Å². The number of carbonyl (C=O) groups excluding carboxylic acids is 2. The van der Waals surface area contributed by atoms with E-state index in [-0.39, 0.29) is 11.3 Å². The maximum atomic E-state index is 13.2. The summed E-state index contributed by atoms with van der Waals surface area (Å²) in [6.07, 6.45) is 1.61. The van der Waals surface area contributed by atoms with E-state index >= 15 is 0 Å². The zero-order valence-electron chi connectivity index (χ0n) is 20.9. The third-order valence-electron chi connectivity index (χ3n) is 6.55. The Morgan fingerprint density at radius 1 is 1.00 bits per heavy atom. The fourth-order valence-electron chi connectivity index (χ4n) is 4.62. The molecule has 2 heterocycles. The van der Waals surface area contributed by atoms with Crippen molar-refractivity contribution < 1.29 is 28.9 Å². The number of ether oxygens (including phenoxy) is 3. The predicted molar refractivity (Wildman–Crippen MR) is 136 cm³/mol. The second-order valence-corrected chi connectivity index (χ2v) is 8.95. The van der Waals surface area contributed by atoms with Crippen molar-refractivity contribution in [3.05, 3.63) is 65.2 Å². The molecule has 0 aromatic heterocycles. The largest absolute Gasteiger partial charge is 0.507 e. The van der Waals surface area contributed by atoms with E-state index in [1.54, 1.807) is 36.3 Å². The molecule has 36 heavy (non-hydrogen) atoms. The molecule has 1 atom stereocenters. The predicted octanol–water partition coefficient (Wildman–Crippen LogP) is 3.63. The van der Waals surface area contributed by atoms with Crippen molar-refractivity contribution in [3.8, 4) is 11.5 Å². The minimum atomic E-state index is -0.683. The molecule has 2 aromatic carbocycles. The average Bonchev–Trinajstić information content (AvgIpc) is 3.17. The summed E-state index contributed by atoms with van der Waals surface area (Å²) in [6.45, 7) is 6.99. The number of ketones is 1. The van der Waals surface area contributed by atoms with Gasteiger partial charge in [0.05, 0.1) is 38.5 Å². The van der Waals surface area contributed by atoms with Gasteiger partial charge in [-0.15, -0.1) is 0 Å². The van der Waals surface area contributed by atoms with Gasteiger partial charge in [-0.25, -0.2) is 0 Å². The lowest BCUT2D eigenvalue weighted by molar-refractivity contribution is -0.140. The summed E-state index contributed by atoms with van der Waals surface area (Å²) in [5.41, 5.74) is 1.30. The van der Waals surface area contributed by atoms with Crippen molar-refractivity contribution in [1.82, 2.24) is 9.80 Å². The van der Waals surface area contributed by atoms with Gasteiger partial charge in [-0.05, 0) is 54.8 Å². The second-order valence-electron chi connectivity index (χ2n) is 8.95. The number of aliphatic hydroxyl groups is 1. The minimum absolute atomic E-state index is 0.0961. The molecule has 0 bridgehead atoms. The summed E-state index contributed by atoms with van der Waals surface area (Å²) in [4.78, 5) is 30.3. The van der Waals surface area contributed by atoms with E-state index in [1.165, 1.54) is 0 Å². The summed E-state index contributed by atoms with van der Waals surface area (Å²) in [7, 11) is 1.56. The number of morpholine rings is 1. The highest BCUT2D eigenvalue weighted by Crippen LogP contribution is 2.40. The fourth-order valence-corrected chi connectivity index (χ4v) is 4.62. The molecule has 8 nitrogen and oxygen atoms in total. The molecular formula is C28H34N2O6. The summed E-state index contributed by atoms with van der Waals surface area (Å²) in [6, 6.07) is 13.5. The Morgan fingerprint density at radius 3 is 2.31 bits per heavy atom. The first kappa shape index (κ1) is 25.7. The summed E-state index contributed by atoms with van der Waals surface area (Å²) in [5.74, 6) is -0.105. The van der Waals surface area contributed by atoms with Crippen molar-refractivity contribution in [1.29, 1.82) is 0 Å². The minimum Gasteiger partial charge on any atom is -0.507 e. The van der Waals surface area contributed by atoms with E-state index in [4.69, 9.17) is 14.2 Å². The van der Waals surface area contributed by atoms with Crippen LogP contribution in [0, 0.1) is 0 Å². The first-order valence-corrected chi connectivity index (χ1v) is 12.5. The molecule has 1 unspecified atom stereocenters. The van der Waals surface area contributed by atoms with Gasteiger partial charge in [0.1, 0.15) is 17.3 Å². The number of hydrogen-bond acceptors (Lipinski definition) is 7. The van der Waals surface area contributed by atoms with Crippen LogP contribution in [-0.2, 0) is 14.3 Å². The number of rotatable bonds is 10. The third-order valence-corrected chi connectivity index (χ3v) is 6.55. The highest BCUT2D eigenvalue weighted by Gasteiger charge is 2.45. The smallest absolute Gasteiger partial charge is 0.295 e. The lowest BCUT2D eigenvalue weighted by Gasteiger charge is -2.29. The highest BCUT2D eigenvalue weighted by atomic mass is 16.5. The molecule has 2 saturated heterocycles. The number of hydrogen-bond donors (Lipinski definition) is 1. The Hall–Kier alpha value is -3.36. The maximum absolute atomic E-state index is 13.2. The normalized spacial score (nSPS) is 20.1. The molecule has 192 valence electrons. The highest BCUT2D eigenvalue weighted by molar-refractivity contribution is 6.46. The van der Waals surface area contributed by atoms with Crippen LogP contribution in [0.1, 0.15) is 36.9 Å². The van der Waals surface area contributed by atoms with Crippen molar-refractivity contribution in [2.75, 3.05) is 53.1 Å². The van der Waals surface area contributed by atoms with Crippen molar-refractivity contribution in [3.63, 3.8) is 0 Å². The second kappa shape index (κ2) is 12.1. The van der Waals surface area contributed by atoms with E-state index in [2.05, 4.69) is 4.90 Å². The molecule has 2 aromatic rings. The molecular weight excluding hydrogens is 460 g/mol. The van der Waals surface area contributed by atoms with Gasteiger partial charge >= 0.3 is 0 Å². The molecule has 0 saturated carbocycles. The molecule has 4 rings (SSSR count). The molecule has 0 radical (unpaired) electrons. The van der Waals surface area contributed by atoms with Crippen LogP contribution in [0.15, 0.2) is 54.1 Å². The molecule has 2 fully saturated rings. The number of methoxy groups -OCH3 is 1. The zero-order valence-corrected chi connectivity index (χ0v) is 20.9.